The number of aliphatic carboxylic acids is 1. The smallest absolute Gasteiger partial charge is 0.334 e. The zero-order valence-electron chi connectivity index (χ0n) is 11.5. The number of rotatable bonds is 3. The quantitative estimate of drug-likeness (QED) is 0.851. The first-order valence-electron chi connectivity index (χ1n) is 6.88. The first-order chi connectivity index (χ1) is 9.97. The highest BCUT2D eigenvalue weighted by molar-refractivity contribution is 9.10. The minimum Gasteiger partial charge on any atom is -0.479 e. The van der Waals surface area contributed by atoms with Gasteiger partial charge in [-0.2, -0.15) is 5.10 Å². The van der Waals surface area contributed by atoms with E-state index in [9.17, 15) is 9.59 Å². The summed E-state index contributed by atoms with van der Waals surface area (Å²) in [5.74, 6) is -0.880. The van der Waals surface area contributed by atoms with Gasteiger partial charge < -0.3 is 14.7 Å². The maximum absolute atomic E-state index is 12.6. The molecule has 1 aromatic heterocycles. The van der Waals surface area contributed by atoms with Crippen molar-refractivity contribution in [3.63, 3.8) is 0 Å². The number of carbonyl (C=O) groups is 2. The number of aromatic amines is 1. The molecule has 1 aromatic rings. The third kappa shape index (κ3) is 2.82. The van der Waals surface area contributed by atoms with Crippen molar-refractivity contribution in [2.24, 2.45) is 0 Å². The number of nitrogens with zero attached hydrogens (tertiary/aromatic N) is 2. The Balaban J connectivity index is 1.79. The molecule has 2 heterocycles. The van der Waals surface area contributed by atoms with Crippen LogP contribution >= 0.6 is 15.9 Å². The second-order valence-electron chi connectivity index (χ2n) is 5.56. The number of H-pyrrole nitrogens is 1. The van der Waals surface area contributed by atoms with Crippen LogP contribution in [0.15, 0.2) is 4.47 Å². The van der Waals surface area contributed by atoms with Crippen LogP contribution in [-0.2, 0) is 9.53 Å². The van der Waals surface area contributed by atoms with E-state index < -0.39 is 12.1 Å². The number of carboxylic acids is 1. The number of nitrogens with one attached hydrogen (secondary N) is 1. The molecule has 1 saturated heterocycles. The summed E-state index contributed by atoms with van der Waals surface area (Å²) < 4.78 is 6.01. The molecule has 21 heavy (non-hydrogen) atoms. The van der Waals surface area contributed by atoms with Crippen LogP contribution in [0.25, 0.3) is 0 Å². The maximum atomic E-state index is 12.6. The van der Waals surface area contributed by atoms with E-state index >= 15 is 0 Å². The summed E-state index contributed by atoms with van der Waals surface area (Å²) in [6, 6.07) is 0. The van der Waals surface area contributed by atoms with Gasteiger partial charge in [0.1, 0.15) is 0 Å². The van der Waals surface area contributed by atoms with Crippen molar-refractivity contribution in [3.8, 4) is 0 Å². The highest BCUT2D eigenvalue weighted by atomic mass is 79.9. The fourth-order valence-corrected chi connectivity index (χ4v) is 3.20. The molecule has 2 fully saturated rings. The molecule has 1 saturated carbocycles. The Kier molecular flexibility index (Phi) is 3.75. The summed E-state index contributed by atoms with van der Waals surface area (Å²) in [7, 11) is 0. The van der Waals surface area contributed by atoms with E-state index in [0.29, 0.717) is 22.6 Å². The molecule has 0 spiro atoms. The molecule has 0 radical (unpaired) electrons. The largest absolute Gasteiger partial charge is 0.479 e. The number of halogens is 1. The van der Waals surface area contributed by atoms with Gasteiger partial charge in [0.05, 0.1) is 22.8 Å². The van der Waals surface area contributed by atoms with Gasteiger partial charge in [-0.3, -0.25) is 9.89 Å². The number of ether oxygens (including phenoxy) is 1. The number of aromatic nitrogens is 2. The molecule has 1 unspecified atom stereocenters. The Morgan fingerprint density at radius 2 is 2.14 bits per heavy atom. The average molecular weight is 358 g/mol. The van der Waals surface area contributed by atoms with Crippen LogP contribution in [0.2, 0.25) is 0 Å². The van der Waals surface area contributed by atoms with Crippen molar-refractivity contribution in [2.45, 2.75) is 37.9 Å². The number of carboxylic acid groups (broad SMARTS) is 1. The van der Waals surface area contributed by atoms with Crippen LogP contribution in [0.4, 0.5) is 0 Å². The zero-order chi connectivity index (χ0) is 15.1. The molecule has 114 valence electrons. The minimum absolute atomic E-state index is 0.0383. The number of hydrogen-bond acceptors (Lipinski definition) is 4. The molecule has 0 aromatic carbocycles. The van der Waals surface area contributed by atoms with Crippen LogP contribution < -0.4 is 0 Å². The molecule has 1 amide bonds. The monoisotopic (exact) mass is 357 g/mol. The first-order valence-corrected chi connectivity index (χ1v) is 7.68. The van der Waals surface area contributed by atoms with Crippen molar-refractivity contribution in [1.82, 2.24) is 15.1 Å². The number of hydrogen-bond donors (Lipinski definition) is 2. The Labute approximate surface area is 129 Å². The Morgan fingerprint density at radius 3 is 2.76 bits per heavy atom. The highest BCUT2D eigenvalue weighted by Crippen LogP contribution is 2.43. The molecule has 7 nitrogen and oxygen atoms in total. The van der Waals surface area contributed by atoms with E-state index in [2.05, 4.69) is 26.1 Å². The van der Waals surface area contributed by atoms with Crippen molar-refractivity contribution < 1.29 is 19.4 Å². The van der Waals surface area contributed by atoms with Gasteiger partial charge in [-0.15, -0.1) is 0 Å². The summed E-state index contributed by atoms with van der Waals surface area (Å²) in [4.78, 5) is 25.1. The SMILES string of the molecule is C[C@@H]1CN(C(=O)c2n[nH]c(C3CC3)c2Br)CC(C(=O)O)O1. The topological polar surface area (TPSA) is 95.5 Å². The fourth-order valence-electron chi connectivity index (χ4n) is 2.53. The van der Waals surface area contributed by atoms with Crippen LogP contribution in [0.1, 0.15) is 41.9 Å². The van der Waals surface area contributed by atoms with Crippen LogP contribution in [0.3, 0.4) is 0 Å². The predicted molar refractivity (Wildman–Crippen MR) is 76.1 cm³/mol. The fraction of sp³-hybridized carbons (Fsp3) is 0.615. The molecular formula is C13H16BrN3O4. The van der Waals surface area contributed by atoms with Crippen molar-refractivity contribution >= 4 is 27.8 Å². The van der Waals surface area contributed by atoms with E-state index in [1.807, 2.05) is 0 Å². The third-order valence-electron chi connectivity index (χ3n) is 3.74. The van der Waals surface area contributed by atoms with E-state index in [-0.39, 0.29) is 18.6 Å². The van der Waals surface area contributed by atoms with E-state index in [1.165, 1.54) is 4.90 Å². The first kappa shape index (κ1) is 14.5. The van der Waals surface area contributed by atoms with Crippen molar-refractivity contribution in [2.75, 3.05) is 13.1 Å². The molecule has 1 aliphatic heterocycles. The third-order valence-corrected chi connectivity index (χ3v) is 4.55. The summed E-state index contributed by atoms with van der Waals surface area (Å²) in [5.41, 5.74) is 1.27. The molecule has 2 atom stereocenters. The van der Waals surface area contributed by atoms with E-state index in [0.717, 1.165) is 18.5 Å². The van der Waals surface area contributed by atoms with E-state index in [4.69, 9.17) is 9.84 Å². The van der Waals surface area contributed by atoms with Crippen LogP contribution in [0.5, 0.6) is 0 Å². The maximum Gasteiger partial charge on any atom is 0.334 e. The van der Waals surface area contributed by atoms with Gasteiger partial charge in [0.15, 0.2) is 11.8 Å². The summed E-state index contributed by atoms with van der Waals surface area (Å²) in [6.07, 6.45) is 0.900. The van der Waals surface area contributed by atoms with Gasteiger partial charge in [0.25, 0.3) is 5.91 Å². The molecule has 1 aliphatic carbocycles. The number of amides is 1. The predicted octanol–water partition coefficient (Wildman–Crippen LogP) is 1.36. The second-order valence-corrected chi connectivity index (χ2v) is 6.35. The van der Waals surface area contributed by atoms with Gasteiger partial charge >= 0.3 is 5.97 Å². The normalized spacial score (nSPS) is 25.9. The van der Waals surface area contributed by atoms with Gasteiger partial charge in [-0.1, -0.05) is 0 Å². The van der Waals surface area contributed by atoms with Crippen molar-refractivity contribution in [3.05, 3.63) is 15.9 Å². The lowest BCUT2D eigenvalue weighted by molar-refractivity contribution is -0.160. The zero-order valence-corrected chi connectivity index (χ0v) is 13.1. The molecule has 8 heteroatoms. The summed E-state index contributed by atoms with van der Waals surface area (Å²) in [6.45, 7) is 2.15. The van der Waals surface area contributed by atoms with Crippen LogP contribution in [-0.4, -0.2) is 57.4 Å². The molecule has 3 rings (SSSR count). The van der Waals surface area contributed by atoms with Crippen molar-refractivity contribution in [1.29, 1.82) is 0 Å². The molecular weight excluding hydrogens is 342 g/mol. The van der Waals surface area contributed by atoms with Gasteiger partial charge in [0.2, 0.25) is 0 Å². The second kappa shape index (κ2) is 5.42. The Morgan fingerprint density at radius 1 is 1.43 bits per heavy atom. The lowest BCUT2D eigenvalue weighted by Gasteiger charge is -2.34. The standard InChI is InChI=1S/C13H16BrN3O4/c1-6-4-17(5-8(21-6)13(19)20)12(18)11-9(14)10(15-16-11)7-2-3-7/h6-8H,2-5H2,1H3,(H,15,16)(H,19,20)/t6-,8?/m1/s1. The Bertz CT molecular complexity index is 584. The average Bonchev–Trinajstić information content (AvgIpc) is 3.20. The summed E-state index contributed by atoms with van der Waals surface area (Å²) in [5, 5.41) is 16.1. The van der Waals surface area contributed by atoms with Gasteiger partial charge in [-0.05, 0) is 35.7 Å². The molecule has 2 N–H and O–H groups in total. The van der Waals surface area contributed by atoms with Gasteiger partial charge in [0, 0.05) is 12.5 Å². The highest BCUT2D eigenvalue weighted by Gasteiger charge is 2.36. The number of carbonyl (C=O) groups excluding carboxylic acids is 1. The molecule has 0 bridgehead atoms. The Hall–Kier alpha value is -1.41. The van der Waals surface area contributed by atoms with E-state index in [1.54, 1.807) is 6.92 Å². The minimum atomic E-state index is -1.06. The lowest BCUT2D eigenvalue weighted by Crippen LogP contribution is -2.51. The molecule has 2 aliphatic rings. The number of morpholine rings is 1. The summed E-state index contributed by atoms with van der Waals surface area (Å²) >= 11 is 3.43. The van der Waals surface area contributed by atoms with Crippen LogP contribution in [0, 0.1) is 0 Å². The lowest BCUT2D eigenvalue weighted by atomic mass is 10.2. The van der Waals surface area contributed by atoms with Gasteiger partial charge in [-0.25, -0.2) is 4.79 Å².